The van der Waals surface area contributed by atoms with Crippen LogP contribution in [0.1, 0.15) is 33.6 Å². The second kappa shape index (κ2) is 7.43. The number of anilines is 1. The lowest BCUT2D eigenvalue weighted by Crippen LogP contribution is -2.54. The summed E-state index contributed by atoms with van der Waals surface area (Å²) in [5, 5.41) is 2.19. The van der Waals surface area contributed by atoms with Crippen molar-refractivity contribution < 1.29 is 24.0 Å². The maximum absolute atomic E-state index is 12.9. The molecule has 30 heavy (non-hydrogen) atoms. The molecule has 1 aromatic rings. The van der Waals surface area contributed by atoms with Crippen LogP contribution < -0.4 is 10.2 Å². The van der Waals surface area contributed by atoms with E-state index in [1.165, 1.54) is 0 Å². The predicted molar refractivity (Wildman–Crippen MR) is 106 cm³/mol. The smallest absolute Gasteiger partial charge is 0.319 e. The highest BCUT2D eigenvalue weighted by Gasteiger charge is 2.44. The Morgan fingerprint density at radius 3 is 2.30 bits per heavy atom. The Balaban J connectivity index is 1.51. The Hall–Kier alpha value is -3.43. The highest BCUT2D eigenvalue weighted by molar-refractivity contribution is 6.23. The summed E-state index contributed by atoms with van der Waals surface area (Å²) in [5.41, 5.74) is 1.31. The topological polar surface area (TPSA) is 110 Å². The lowest BCUT2D eigenvalue weighted by Gasteiger charge is -2.37. The number of urea groups is 1. The summed E-state index contributed by atoms with van der Waals surface area (Å²) in [5.74, 6) is -2.06. The number of nitrogens with zero attached hydrogens (tertiary/aromatic N) is 4. The van der Waals surface area contributed by atoms with Gasteiger partial charge in [0.15, 0.2) is 0 Å². The van der Waals surface area contributed by atoms with E-state index in [2.05, 4.69) is 10.2 Å². The number of piperidine rings is 1. The zero-order valence-electron chi connectivity index (χ0n) is 16.9. The van der Waals surface area contributed by atoms with Gasteiger partial charge in [-0.25, -0.2) is 4.79 Å². The molecule has 0 saturated carbocycles. The van der Waals surface area contributed by atoms with Crippen molar-refractivity contribution in [2.45, 2.75) is 18.9 Å². The Morgan fingerprint density at radius 2 is 1.67 bits per heavy atom. The minimum atomic E-state index is -0.973. The average molecular weight is 413 g/mol. The second-order valence-corrected chi connectivity index (χ2v) is 7.83. The van der Waals surface area contributed by atoms with E-state index in [1.807, 2.05) is 0 Å². The van der Waals surface area contributed by atoms with Crippen molar-refractivity contribution in [3.63, 3.8) is 0 Å². The van der Waals surface area contributed by atoms with Crippen molar-refractivity contribution in [1.29, 1.82) is 0 Å². The van der Waals surface area contributed by atoms with Gasteiger partial charge in [-0.3, -0.25) is 29.4 Å². The van der Waals surface area contributed by atoms with Gasteiger partial charge in [-0.05, 0) is 24.6 Å². The van der Waals surface area contributed by atoms with Crippen LogP contribution in [-0.4, -0.2) is 90.7 Å². The monoisotopic (exact) mass is 413 g/mol. The maximum Gasteiger partial charge on any atom is 0.319 e. The third kappa shape index (κ3) is 3.27. The first-order valence-electron chi connectivity index (χ1n) is 9.84. The van der Waals surface area contributed by atoms with Gasteiger partial charge in [0, 0.05) is 52.4 Å². The van der Waals surface area contributed by atoms with Gasteiger partial charge in [0.1, 0.15) is 6.04 Å². The zero-order chi connectivity index (χ0) is 21.6. The quantitative estimate of drug-likeness (QED) is 0.678. The van der Waals surface area contributed by atoms with Crippen LogP contribution in [-0.2, 0) is 9.59 Å². The molecule has 0 radical (unpaired) electrons. The molecule has 3 aliphatic heterocycles. The molecule has 1 atom stereocenters. The average Bonchev–Trinajstić information content (AvgIpc) is 2.98. The van der Waals surface area contributed by atoms with Crippen molar-refractivity contribution in [2.24, 2.45) is 0 Å². The van der Waals surface area contributed by atoms with Crippen LogP contribution in [0.4, 0.5) is 10.5 Å². The van der Waals surface area contributed by atoms with Crippen LogP contribution >= 0.6 is 0 Å². The number of imide groups is 2. The van der Waals surface area contributed by atoms with Gasteiger partial charge in [-0.15, -0.1) is 0 Å². The summed E-state index contributed by atoms with van der Waals surface area (Å²) in [6.07, 6.45) is 0.218. The van der Waals surface area contributed by atoms with E-state index in [0.29, 0.717) is 26.2 Å². The standard InChI is InChI=1S/C20H23N5O5/c1-22(2)20(30)24-9-7-23(8-10-24)12-3-4-13-14(11-12)19(29)25(18(13)28)15-5-6-16(26)21-17(15)27/h3-4,11,15H,5-10H2,1-2H3,(H,21,26,27). The Kier molecular flexibility index (Phi) is 4.92. The third-order valence-corrected chi connectivity index (χ3v) is 5.72. The largest absolute Gasteiger partial charge is 0.368 e. The first-order chi connectivity index (χ1) is 14.3. The highest BCUT2D eigenvalue weighted by Crippen LogP contribution is 2.31. The van der Waals surface area contributed by atoms with E-state index in [-0.39, 0.29) is 30.0 Å². The normalized spacial score (nSPS) is 21.7. The van der Waals surface area contributed by atoms with E-state index >= 15 is 0 Å². The molecule has 3 aliphatic rings. The van der Waals surface area contributed by atoms with E-state index in [9.17, 15) is 24.0 Å². The van der Waals surface area contributed by atoms with E-state index in [1.54, 1.807) is 42.1 Å². The minimum absolute atomic E-state index is 0.0377. The summed E-state index contributed by atoms with van der Waals surface area (Å²) >= 11 is 0. The molecule has 4 rings (SSSR count). The SMILES string of the molecule is CN(C)C(=O)N1CCN(c2ccc3c(c2)C(=O)N(C2CCC(=O)NC2=O)C3=O)CC1. The Bertz CT molecular complexity index is 951. The molecule has 2 fully saturated rings. The van der Waals surface area contributed by atoms with Crippen LogP contribution in [0.2, 0.25) is 0 Å². The lowest BCUT2D eigenvalue weighted by molar-refractivity contribution is -0.136. The van der Waals surface area contributed by atoms with Crippen LogP contribution in [0.15, 0.2) is 18.2 Å². The van der Waals surface area contributed by atoms with Crippen molar-refractivity contribution in [3.05, 3.63) is 29.3 Å². The molecule has 2 saturated heterocycles. The van der Waals surface area contributed by atoms with Gasteiger partial charge in [0.05, 0.1) is 11.1 Å². The van der Waals surface area contributed by atoms with Gasteiger partial charge in [0.2, 0.25) is 11.8 Å². The van der Waals surface area contributed by atoms with E-state index in [0.717, 1.165) is 10.6 Å². The van der Waals surface area contributed by atoms with Gasteiger partial charge in [-0.2, -0.15) is 0 Å². The molecule has 0 aliphatic carbocycles. The third-order valence-electron chi connectivity index (χ3n) is 5.72. The molecule has 158 valence electrons. The molecular weight excluding hydrogens is 390 g/mol. The molecule has 0 spiro atoms. The summed E-state index contributed by atoms with van der Waals surface area (Å²) in [7, 11) is 3.43. The number of nitrogens with one attached hydrogen (secondary N) is 1. The fourth-order valence-electron chi connectivity index (χ4n) is 4.09. The van der Waals surface area contributed by atoms with Crippen LogP contribution in [0, 0.1) is 0 Å². The van der Waals surface area contributed by atoms with Crippen molar-refractivity contribution >= 4 is 35.3 Å². The van der Waals surface area contributed by atoms with E-state index < -0.39 is 29.7 Å². The van der Waals surface area contributed by atoms with Crippen LogP contribution in [0.5, 0.6) is 0 Å². The van der Waals surface area contributed by atoms with Crippen LogP contribution in [0.3, 0.4) is 0 Å². The number of amides is 6. The molecule has 1 unspecified atom stereocenters. The Labute approximate surface area is 173 Å². The predicted octanol–water partition coefficient (Wildman–Crippen LogP) is -0.109. The molecule has 6 amide bonds. The fourth-order valence-corrected chi connectivity index (χ4v) is 4.09. The number of rotatable bonds is 2. The summed E-state index contributed by atoms with van der Waals surface area (Å²) in [6, 6.07) is 4.05. The van der Waals surface area contributed by atoms with Gasteiger partial charge < -0.3 is 14.7 Å². The molecule has 3 heterocycles. The molecule has 0 bridgehead atoms. The molecule has 10 heteroatoms. The number of piperazine rings is 1. The number of benzene rings is 1. The fraction of sp³-hybridized carbons (Fsp3) is 0.450. The van der Waals surface area contributed by atoms with Gasteiger partial charge in [-0.1, -0.05) is 0 Å². The summed E-state index contributed by atoms with van der Waals surface area (Å²) in [6.45, 7) is 2.33. The van der Waals surface area contributed by atoms with Gasteiger partial charge >= 0.3 is 6.03 Å². The Morgan fingerprint density at radius 1 is 1.00 bits per heavy atom. The minimum Gasteiger partial charge on any atom is -0.368 e. The molecule has 1 N–H and O–H groups in total. The highest BCUT2D eigenvalue weighted by atomic mass is 16.2. The molecular formula is C20H23N5O5. The number of carbonyl (C=O) groups excluding carboxylic acids is 5. The first-order valence-corrected chi connectivity index (χ1v) is 9.84. The second-order valence-electron chi connectivity index (χ2n) is 7.83. The zero-order valence-corrected chi connectivity index (χ0v) is 16.9. The number of fused-ring (bicyclic) bond motifs is 1. The first kappa shape index (κ1) is 19.9. The summed E-state index contributed by atoms with van der Waals surface area (Å²) in [4.78, 5) is 67.7. The number of carbonyl (C=O) groups is 5. The summed E-state index contributed by atoms with van der Waals surface area (Å²) < 4.78 is 0. The van der Waals surface area contributed by atoms with Gasteiger partial charge in [0.25, 0.3) is 11.8 Å². The van der Waals surface area contributed by atoms with E-state index in [4.69, 9.17) is 0 Å². The number of hydrogen-bond acceptors (Lipinski definition) is 6. The molecule has 10 nitrogen and oxygen atoms in total. The number of hydrogen-bond donors (Lipinski definition) is 1. The van der Waals surface area contributed by atoms with Crippen molar-refractivity contribution in [3.8, 4) is 0 Å². The maximum atomic E-state index is 12.9. The lowest BCUT2D eigenvalue weighted by atomic mass is 10.0. The van der Waals surface area contributed by atoms with Crippen molar-refractivity contribution in [1.82, 2.24) is 20.0 Å². The molecule has 1 aromatic carbocycles. The molecule has 0 aromatic heterocycles. The van der Waals surface area contributed by atoms with Crippen LogP contribution in [0.25, 0.3) is 0 Å². The van der Waals surface area contributed by atoms with Crippen molar-refractivity contribution in [2.75, 3.05) is 45.2 Å².